The van der Waals surface area contributed by atoms with Crippen LogP contribution in [0.3, 0.4) is 0 Å². The zero-order valence-electron chi connectivity index (χ0n) is 17.0. The van der Waals surface area contributed by atoms with Crippen LogP contribution in [0.2, 0.25) is 0 Å². The normalized spacial score (nSPS) is 16.0. The van der Waals surface area contributed by atoms with E-state index in [-0.39, 0.29) is 17.7 Å². The first-order valence-corrected chi connectivity index (χ1v) is 10.9. The molecular formula is C22H22FN5O2S. The first-order valence-electron chi connectivity index (χ1n) is 10.0. The minimum atomic E-state index is -0.228. The van der Waals surface area contributed by atoms with Crippen molar-refractivity contribution in [3.8, 4) is 11.6 Å². The molecule has 7 nitrogen and oxygen atoms in total. The number of thiazole rings is 1. The zero-order valence-corrected chi connectivity index (χ0v) is 17.8. The number of piperazine rings is 1. The predicted molar refractivity (Wildman–Crippen MR) is 118 cm³/mol. The molecule has 1 aliphatic rings. The highest BCUT2D eigenvalue weighted by Crippen LogP contribution is 2.40. The summed E-state index contributed by atoms with van der Waals surface area (Å²) in [6.07, 6.45) is 1.44. The largest absolute Gasteiger partial charge is 0.497 e. The fourth-order valence-electron chi connectivity index (χ4n) is 4.08. The fraction of sp³-hybridized carbons (Fsp3) is 0.273. The van der Waals surface area contributed by atoms with E-state index >= 15 is 0 Å². The number of hydrogen-bond donors (Lipinski definition) is 1. The van der Waals surface area contributed by atoms with Crippen LogP contribution in [0, 0.1) is 5.82 Å². The van der Waals surface area contributed by atoms with Crippen molar-refractivity contribution in [1.29, 1.82) is 0 Å². The van der Waals surface area contributed by atoms with Gasteiger partial charge in [-0.05, 0) is 42.0 Å². The number of rotatable bonds is 5. The first kappa shape index (κ1) is 19.8. The molecule has 0 spiro atoms. The molecule has 1 fully saturated rings. The maximum Gasteiger partial charge on any atom is 0.230 e. The second-order valence-corrected chi connectivity index (χ2v) is 8.43. The Morgan fingerprint density at radius 3 is 2.39 bits per heavy atom. The molecule has 1 N–H and O–H groups in total. The fourth-order valence-corrected chi connectivity index (χ4v) is 5.17. The number of aromatic hydroxyl groups is 1. The number of aromatic nitrogens is 3. The van der Waals surface area contributed by atoms with Crippen LogP contribution in [0.1, 0.15) is 16.5 Å². The summed E-state index contributed by atoms with van der Waals surface area (Å²) in [5.74, 6) is 0.684. The summed E-state index contributed by atoms with van der Waals surface area (Å²) in [4.78, 5) is 10.3. The number of halogens is 1. The van der Waals surface area contributed by atoms with E-state index in [1.807, 2.05) is 36.4 Å². The third kappa shape index (κ3) is 3.70. The molecule has 160 valence electrons. The smallest absolute Gasteiger partial charge is 0.230 e. The summed E-state index contributed by atoms with van der Waals surface area (Å²) in [7, 11) is 1.65. The summed E-state index contributed by atoms with van der Waals surface area (Å²) in [5, 5.41) is 15.0. The Kier molecular flexibility index (Phi) is 5.21. The van der Waals surface area contributed by atoms with Gasteiger partial charge in [0.15, 0.2) is 0 Å². The minimum Gasteiger partial charge on any atom is -0.497 e. The van der Waals surface area contributed by atoms with E-state index in [1.54, 1.807) is 7.11 Å². The Labute approximate surface area is 182 Å². The van der Waals surface area contributed by atoms with Crippen molar-refractivity contribution in [2.75, 3.05) is 38.2 Å². The predicted octanol–water partition coefficient (Wildman–Crippen LogP) is 3.56. The van der Waals surface area contributed by atoms with Crippen LogP contribution >= 0.6 is 11.3 Å². The van der Waals surface area contributed by atoms with Gasteiger partial charge in [-0.25, -0.2) is 9.37 Å². The Morgan fingerprint density at radius 1 is 1.03 bits per heavy atom. The van der Waals surface area contributed by atoms with Crippen molar-refractivity contribution in [3.63, 3.8) is 0 Å². The van der Waals surface area contributed by atoms with E-state index in [0.29, 0.717) is 4.96 Å². The number of anilines is 1. The van der Waals surface area contributed by atoms with E-state index in [9.17, 15) is 9.50 Å². The number of ether oxygens (including phenoxy) is 1. The molecule has 0 aliphatic carbocycles. The lowest BCUT2D eigenvalue weighted by molar-refractivity contribution is 0.211. The average molecular weight is 440 g/mol. The minimum absolute atomic E-state index is 0.124. The lowest BCUT2D eigenvalue weighted by Gasteiger charge is -2.40. The summed E-state index contributed by atoms with van der Waals surface area (Å²) in [6, 6.07) is 14.4. The summed E-state index contributed by atoms with van der Waals surface area (Å²) >= 11 is 1.45. The van der Waals surface area contributed by atoms with Gasteiger partial charge in [-0.15, -0.1) is 0 Å². The zero-order chi connectivity index (χ0) is 21.4. The van der Waals surface area contributed by atoms with Gasteiger partial charge >= 0.3 is 0 Å². The van der Waals surface area contributed by atoms with Crippen molar-refractivity contribution < 1.29 is 14.2 Å². The highest BCUT2D eigenvalue weighted by atomic mass is 32.1. The van der Waals surface area contributed by atoms with Crippen LogP contribution in [-0.2, 0) is 0 Å². The molecule has 1 aliphatic heterocycles. The molecule has 2 aromatic heterocycles. The second kappa shape index (κ2) is 8.16. The molecule has 0 radical (unpaired) electrons. The Morgan fingerprint density at radius 2 is 1.74 bits per heavy atom. The Balaban J connectivity index is 1.45. The van der Waals surface area contributed by atoms with Gasteiger partial charge in [-0.2, -0.15) is 9.61 Å². The molecule has 5 rings (SSSR count). The third-order valence-electron chi connectivity index (χ3n) is 5.69. The molecule has 1 unspecified atom stereocenters. The molecule has 0 amide bonds. The Hall–Kier alpha value is -3.17. The number of methoxy groups -OCH3 is 1. The SMILES string of the molecule is COc1ccc(C(c2sc3ncnn3c2O)N2CCN(c3ccc(F)cc3)CC2)cc1. The number of benzene rings is 2. The van der Waals surface area contributed by atoms with Crippen molar-refractivity contribution in [3.05, 3.63) is 71.1 Å². The van der Waals surface area contributed by atoms with Crippen molar-refractivity contribution in [2.45, 2.75) is 6.04 Å². The maximum atomic E-state index is 13.3. The topological polar surface area (TPSA) is 66.1 Å². The molecule has 4 aromatic rings. The summed E-state index contributed by atoms with van der Waals surface area (Å²) in [5.41, 5.74) is 2.08. The Bertz CT molecular complexity index is 1170. The van der Waals surface area contributed by atoms with Crippen LogP contribution < -0.4 is 9.64 Å². The van der Waals surface area contributed by atoms with Gasteiger partial charge in [-0.1, -0.05) is 23.5 Å². The molecular weight excluding hydrogens is 417 g/mol. The van der Waals surface area contributed by atoms with Gasteiger partial charge in [0, 0.05) is 31.9 Å². The molecule has 3 heterocycles. The molecule has 0 saturated carbocycles. The highest BCUT2D eigenvalue weighted by molar-refractivity contribution is 7.17. The van der Waals surface area contributed by atoms with Crippen molar-refractivity contribution >= 4 is 22.0 Å². The van der Waals surface area contributed by atoms with Crippen molar-refractivity contribution in [1.82, 2.24) is 19.5 Å². The number of nitrogens with zero attached hydrogens (tertiary/aromatic N) is 5. The van der Waals surface area contributed by atoms with Gasteiger partial charge in [-0.3, -0.25) is 4.90 Å². The van der Waals surface area contributed by atoms with Crippen LogP contribution in [-0.4, -0.2) is 57.9 Å². The summed E-state index contributed by atoms with van der Waals surface area (Å²) in [6.45, 7) is 3.20. The molecule has 31 heavy (non-hydrogen) atoms. The quantitative estimate of drug-likeness (QED) is 0.513. The molecule has 1 atom stereocenters. The molecule has 2 aromatic carbocycles. The average Bonchev–Trinajstić information content (AvgIpc) is 3.39. The lowest BCUT2D eigenvalue weighted by Crippen LogP contribution is -2.47. The van der Waals surface area contributed by atoms with Crippen LogP contribution in [0.25, 0.3) is 4.96 Å². The van der Waals surface area contributed by atoms with E-state index in [2.05, 4.69) is 19.9 Å². The standard InChI is InChI=1S/C22H22FN5O2S/c1-30-18-8-2-15(3-9-18)19(20-21(29)28-22(31-20)24-14-25-28)27-12-10-26(11-13-27)17-6-4-16(23)5-7-17/h2-9,14,19,29H,10-13H2,1H3. The van der Waals surface area contributed by atoms with Crippen molar-refractivity contribution in [2.24, 2.45) is 0 Å². The highest BCUT2D eigenvalue weighted by Gasteiger charge is 2.31. The lowest BCUT2D eigenvalue weighted by atomic mass is 10.0. The van der Waals surface area contributed by atoms with Gasteiger partial charge < -0.3 is 14.7 Å². The number of fused-ring (bicyclic) bond motifs is 1. The molecule has 9 heteroatoms. The molecule has 1 saturated heterocycles. The number of hydrogen-bond acceptors (Lipinski definition) is 7. The first-order chi connectivity index (χ1) is 15.1. The van der Waals surface area contributed by atoms with E-state index < -0.39 is 0 Å². The van der Waals surface area contributed by atoms with Crippen LogP contribution in [0.15, 0.2) is 54.9 Å². The van der Waals surface area contributed by atoms with Gasteiger partial charge in [0.05, 0.1) is 18.0 Å². The monoisotopic (exact) mass is 439 g/mol. The van der Waals surface area contributed by atoms with Gasteiger partial charge in [0.25, 0.3) is 0 Å². The van der Waals surface area contributed by atoms with Gasteiger partial charge in [0.2, 0.25) is 10.8 Å². The van der Waals surface area contributed by atoms with E-state index in [4.69, 9.17) is 4.74 Å². The van der Waals surface area contributed by atoms with Gasteiger partial charge in [0.1, 0.15) is 17.9 Å². The van der Waals surface area contributed by atoms with Crippen LogP contribution in [0.4, 0.5) is 10.1 Å². The van der Waals surface area contributed by atoms with E-state index in [0.717, 1.165) is 48.1 Å². The second-order valence-electron chi connectivity index (χ2n) is 7.42. The summed E-state index contributed by atoms with van der Waals surface area (Å²) < 4.78 is 20.1. The third-order valence-corrected chi connectivity index (χ3v) is 6.78. The van der Waals surface area contributed by atoms with Crippen LogP contribution in [0.5, 0.6) is 11.6 Å². The maximum absolute atomic E-state index is 13.3. The molecule has 0 bridgehead atoms. The van der Waals surface area contributed by atoms with E-state index in [1.165, 1.54) is 34.3 Å².